The van der Waals surface area contributed by atoms with Crippen LogP contribution in [-0.2, 0) is 6.54 Å². The van der Waals surface area contributed by atoms with E-state index < -0.39 is 6.10 Å². The Balaban J connectivity index is 1.82. The third kappa shape index (κ3) is 3.57. The molecule has 0 aliphatic heterocycles. The van der Waals surface area contributed by atoms with Crippen LogP contribution in [0.1, 0.15) is 18.7 Å². The molecule has 90 valence electrons. The summed E-state index contributed by atoms with van der Waals surface area (Å²) in [4.78, 5) is 1.25. The van der Waals surface area contributed by atoms with E-state index in [1.165, 1.54) is 4.90 Å². The predicted molar refractivity (Wildman–Crippen MR) is 67.8 cm³/mol. The largest absolute Gasteiger partial charge is 0.387 e. The fraction of sp³-hybridized carbons (Fsp3) is 0.333. The van der Waals surface area contributed by atoms with Crippen molar-refractivity contribution >= 4 is 11.8 Å². The molecular formula is C12H15N3OS. The van der Waals surface area contributed by atoms with Crippen LogP contribution in [0.3, 0.4) is 0 Å². The zero-order chi connectivity index (χ0) is 12.1. The second kappa shape index (κ2) is 5.84. The van der Waals surface area contributed by atoms with Crippen molar-refractivity contribution in [2.24, 2.45) is 0 Å². The van der Waals surface area contributed by atoms with Gasteiger partial charge in [-0.15, -0.1) is 16.9 Å². The zero-order valence-corrected chi connectivity index (χ0v) is 10.5. The Morgan fingerprint density at radius 2 is 2.12 bits per heavy atom. The first-order valence-corrected chi connectivity index (χ1v) is 6.50. The minimum Gasteiger partial charge on any atom is -0.387 e. The zero-order valence-electron chi connectivity index (χ0n) is 9.65. The van der Waals surface area contributed by atoms with Crippen LogP contribution in [0.2, 0.25) is 0 Å². The molecule has 0 spiro atoms. The highest BCUT2D eigenvalue weighted by atomic mass is 32.2. The lowest BCUT2D eigenvalue weighted by Crippen LogP contribution is -2.01. The number of benzene rings is 1. The Bertz CT molecular complexity index is 456. The molecule has 1 heterocycles. The first kappa shape index (κ1) is 12.1. The highest BCUT2D eigenvalue weighted by Gasteiger charge is 2.05. The van der Waals surface area contributed by atoms with Crippen LogP contribution in [0, 0.1) is 0 Å². The first-order chi connectivity index (χ1) is 8.25. The van der Waals surface area contributed by atoms with Gasteiger partial charge >= 0.3 is 0 Å². The summed E-state index contributed by atoms with van der Waals surface area (Å²) in [5.41, 5.74) is 0.620. The number of hydrogen-bond acceptors (Lipinski definition) is 4. The van der Waals surface area contributed by atoms with E-state index in [2.05, 4.69) is 22.4 Å². The maximum absolute atomic E-state index is 9.32. The molecule has 0 aliphatic rings. The van der Waals surface area contributed by atoms with E-state index in [-0.39, 0.29) is 0 Å². The molecule has 5 heteroatoms. The fourth-order valence-corrected chi connectivity index (χ4v) is 2.25. The Kier molecular flexibility index (Phi) is 4.17. The van der Waals surface area contributed by atoms with Gasteiger partial charge in [0.05, 0.1) is 18.8 Å². The highest BCUT2D eigenvalue weighted by molar-refractivity contribution is 7.99. The SMILES string of the molecule is CC(O)c1cn(CCSc2ccccc2)nn1. The summed E-state index contributed by atoms with van der Waals surface area (Å²) in [6, 6.07) is 10.3. The summed E-state index contributed by atoms with van der Waals surface area (Å²) in [6.45, 7) is 2.48. The van der Waals surface area contributed by atoms with E-state index in [9.17, 15) is 5.11 Å². The maximum Gasteiger partial charge on any atom is 0.111 e. The molecule has 4 nitrogen and oxygen atoms in total. The fourth-order valence-electron chi connectivity index (χ4n) is 1.39. The molecule has 0 aliphatic carbocycles. The molecule has 17 heavy (non-hydrogen) atoms. The van der Waals surface area contributed by atoms with Gasteiger partial charge in [-0.1, -0.05) is 23.4 Å². The molecule has 0 fully saturated rings. The van der Waals surface area contributed by atoms with Gasteiger partial charge in [-0.05, 0) is 19.1 Å². The van der Waals surface area contributed by atoms with Crippen LogP contribution >= 0.6 is 11.8 Å². The number of aryl methyl sites for hydroxylation is 1. The van der Waals surface area contributed by atoms with Crippen LogP contribution in [0.15, 0.2) is 41.4 Å². The van der Waals surface area contributed by atoms with Gasteiger partial charge in [-0.3, -0.25) is 4.68 Å². The van der Waals surface area contributed by atoms with E-state index in [0.29, 0.717) is 5.69 Å². The molecule has 1 atom stereocenters. The van der Waals surface area contributed by atoms with E-state index >= 15 is 0 Å². The van der Waals surface area contributed by atoms with Crippen molar-refractivity contribution in [3.05, 3.63) is 42.2 Å². The second-order valence-corrected chi connectivity index (χ2v) is 4.91. The van der Waals surface area contributed by atoms with Crippen molar-refractivity contribution in [3.8, 4) is 0 Å². The summed E-state index contributed by atoms with van der Waals surface area (Å²) in [7, 11) is 0. The van der Waals surface area contributed by atoms with Gasteiger partial charge < -0.3 is 5.11 Å². The summed E-state index contributed by atoms with van der Waals surface area (Å²) in [5.74, 6) is 0.937. The third-order valence-electron chi connectivity index (χ3n) is 2.32. The van der Waals surface area contributed by atoms with E-state index in [4.69, 9.17) is 0 Å². The van der Waals surface area contributed by atoms with Crippen molar-refractivity contribution in [2.45, 2.75) is 24.5 Å². The topological polar surface area (TPSA) is 50.9 Å². The Labute approximate surface area is 105 Å². The standard InChI is InChI=1S/C12H15N3OS/c1-10(16)12-9-15(14-13-12)7-8-17-11-5-3-2-4-6-11/h2-6,9-10,16H,7-8H2,1H3. The molecule has 0 radical (unpaired) electrons. The molecule has 1 unspecified atom stereocenters. The molecule has 0 bridgehead atoms. The van der Waals surface area contributed by atoms with Crippen molar-refractivity contribution in [3.63, 3.8) is 0 Å². The molecule has 0 amide bonds. The average molecular weight is 249 g/mol. The van der Waals surface area contributed by atoms with Gasteiger partial charge in [-0.2, -0.15) is 0 Å². The number of aliphatic hydroxyl groups is 1. The first-order valence-electron chi connectivity index (χ1n) is 5.51. The molecule has 1 aromatic heterocycles. The lowest BCUT2D eigenvalue weighted by Gasteiger charge is -2.01. The Hall–Kier alpha value is -1.33. The van der Waals surface area contributed by atoms with Gasteiger partial charge in [0.15, 0.2) is 0 Å². The van der Waals surface area contributed by atoms with E-state index in [0.717, 1.165) is 12.3 Å². The number of hydrogen-bond donors (Lipinski definition) is 1. The molecule has 0 saturated heterocycles. The minimum atomic E-state index is -0.550. The normalized spacial score (nSPS) is 12.6. The number of rotatable bonds is 5. The van der Waals surface area contributed by atoms with Gasteiger partial charge in [0.2, 0.25) is 0 Å². The van der Waals surface area contributed by atoms with Crippen LogP contribution < -0.4 is 0 Å². The summed E-state index contributed by atoms with van der Waals surface area (Å²) in [6.07, 6.45) is 1.24. The highest BCUT2D eigenvalue weighted by Crippen LogP contribution is 2.17. The molecule has 1 aromatic carbocycles. The Morgan fingerprint density at radius 1 is 1.35 bits per heavy atom. The average Bonchev–Trinajstić information content (AvgIpc) is 2.79. The van der Waals surface area contributed by atoms with Gasteiger partial charge in [-0.25, -0.2) is 0 Å². The quantitative estimate of drug-likeness (QED) is 0.825. The second-order valence-electron chi connectivity index (χ2n) is 3.74. The number of aromatic nitrogens is 3. The number of thioether (sulfide) groups is 1. The maximum atomic E-state index is 9.32. The smallest absolute Gasteiger partial charge is 0.111 e. The predicted octanol–water partition coefficient (Wildman–Crippen LogP) is 2.12. The lowest BCUT2D eigenvalue weighted by atomic mass is 10.3. The summed E-state index contributed by atoms with van der Waals surface area (Å²) in [5, 5.41) is 17.2. The van der Waals surface area contributed by atoms with Crippen molar-refractivity contribution in [2.75, 3.05) is 5.75 Å². The molecule has 0 saturated carbocycles. The Morgan fingerprint density at radius 3 is 2.76 bits per heavy atom. The van der Waals surface area contributed by atoms with Crippen molar-refractivity contribution < 1.29 is 5.11 Å². The minimum absolute atomic E-state index is 0.550. The summed E-state index contributed by atoms with van der Waals surface area (Å²) < 4.78 is 1.76. The van der Waals surface area contributed by atoms with Gasteiger partial charge in [0.25, 0.3) is 0 Å². The number of nitrogens with zero attached hydrogens (tertiary/aromatic N) is 3. The summed E-state index contributed by atoms with van der Waals surface area (Å²) >= 11 is 1.78. The lowest BCUT2D eigenvalue weighted by molar-refractivity contribution is 0.194. The van der Waals surface area contributed by atoms with Crippen LogP contribution in [-0.4, -0.2) is 25.9 Å². The van der Waals surface area contributed by atoms with E-state index in [1.807, 2.05) is 18.2 Å². The van der Waals surface area contributed by atoms with Crippen LogP contribution in [0.5, 0.6) is 0 Å². The third-order valence-corrected chi connectivity index (χ3v) is 3.31. The van der Waals surface area contributed by atoms with Crippen LogP contribution in [0.25, 0.3) is 0 Å². The van der Waals surface area contributed by atoms with Crippen molar-refractivity contribution in [1.82, 2.24) is 15.0 Å². The van der Waals surface area contributed by atoms with Crippen molar-refractivity contribution in [1.29, 1.82) is 0 Å². The monoisotopic (exact) mass is 249 g/mol. The molecule has 1 N–H and O–H groups in total. The molecule has 2 aromatic rings. The van der Waals surface area contributed by atoms with Gasteiger partial charge in [0, 0.05) is 10.6 Å². The molecule has 2 rings (SSSR count). The number of aliphatic hydroxyl groups excluding tert-OH is 1. The van der Waals surface area contributed by atoms with E-state index in [1.54, 1.807) is 29.6 Å². The molecular weight excluding hydrogens is 234 g/mol. The van der Waals surface area contributed by atoms with Crippen LogP contribution in [0.4, 0.5) is 0 Å². The van der Waals surface area contributed by atoms with Gasteiger partial charge in [0.1, 0.15) is 5.69 Å².